The van der Waals surface area contributed by atoms with Gasteiger partial charge in [-0.2, -0.15) is 0 Å². The zero-order valence-electron chi connectivity index (χ0n) is 16.4. The summed E-state index contributed by atoms with van der Waals surface area (Å²) in [5.74, 6) is 1.32. The maximum Gasteiger partial charge on any atom is 0.241 e. The molecule has 2 amide bonds. The molecule has 0 aromatic carbocycles. The van der Waals surface area contributed by atoms with E-state index in [-0.39, 0.29) is 23.7 Å². The molecule has 1 saturated heterocycles. The Kier molecular flexibility index (Phi) is 6.83. The van der Waals surface area contributed by atoms with Crippen molar-refractivity contribution in [3.05, 3.63) is 23.7 Å². The van der Waals surface area contributed by atoms with E-state index in [9.17, 15) is 9.59 Å². The fourth-order valence-electron chi connectivity index (χ4n) is 3.26. The fraction of sp³-hybridized carbons (Fsp3) is 0.600. The van der Waals surface area contributed by atoms with E-state index in [2.05, 4.69) is 24.2 Å². The van der Waals surface area contributed by atoms with Crippen molar-refractivity contribution in [1.29, 1.82) is 0 Å². The van der Waals surface area contributed by atoms with E-state index in [0.29, 0.717) is 36.1 Å². The van der Waals surface area contributed by atoms with E-state index in [1.807, 2.05) is 0 Å². The highest BCUT2D eigenvalue weighted by Gasteiger charge is 2.38. The third-order valence-electron chi connectivity index (χ3n) is 4.90. The first kappa shape index (κ1) is 20.5. The minimum atomic E-state index is -0.473. The average Bonchev–Trinajstić information content (AvgIpc) is 3.09. The van der Waals surface area contributed by atoms with Gasteiger partial charge in [-0.15, -0.1) is 0 Å². The first-order chi connectivity index (χ1) is 13.5. The smallest absolute Gasteiger partial charge is 0.241 e. The van der Waals surface area contributed by atoms with Crippen LogP contribution < -0.4 is 5.32 Å². The second-order valence-electron chi connectivity index (χ2n) is 7.58. The average molecular weight is 406 g/mol. The van der Waals surface area contributed by atoms with E-state index >= 15 is 0 Å². The second kappa shape index (κ2) is 9.32. The molecule has 1 unspecified atom stereocenters. The predicted octanol–water partition coefficient (Wildman–Crippen LogP) is 2.68. The number of aliphatic imine (C=N–C) groups is 1. The van der Waals surface area contributed by atoms with E-state index < -0.39 is 5.92 Å². The van der Waals surface area contributed by atoms with E-state index in [0.717, 1.165) is 32.2 Å². The molecule has 8 heteroatoms. The number of nitrogens with zero attached hydrogens (tertiary/aromatic N) is 2. The van der Waals surface area contributed by atoms with Crippen LogP contribution in [0.15, 0.2) is 28.7 Å². The molecule has 152 valence electrons. The Hall–Kier alpha value is -2.22. The Morgan fingerprint density at radius 2 is 2.11 bits per heavy atom. The molecule has 1 aliphatic carbocycles. The van der Waals surface area contributed by atoms with Crippen molar-refractivity contribution in [3.8, 4) is 0 Å². The number of unbranched alkanes of at least 4 members (excludes halogenated alkanes) is 2. The predicted molar refractivity (Wildman–Crippen MR) is 109 cm³/mol. The molecule has 0 aromatic heterocycles. The zero-order chi connectivity index (χ0) is 20.1. The van der Waals surface area contributed by atoms with Crippen LogP contribution in [-0.2, 0) is 19.1 Å². The van der Waals surface area contributed by atoms with Crippen molar-refractivity contribution < 1.29 is 19.1 Å². The number of fused-ring (bicyclic) bond motifs is 2. The fourth-order valence-corrected chi connectivity index (χ4v) is 3.55. The van der Waals surface area contributed by atoms with Gasteiger partial charge in [0.15, 0.2) is 11.5 Å². The van der Waals surface area contributed by atoms with Crippen LogP contribution in [0, 0.1) is 11.8 Å². The van der Waals surface area contributed by atoms with Crippen molar-refractivity contribution in [2.45, 2.75) is 46.0 Å². The largest absolute Gasteiger partial charge is 0.454 e. The van der Waals surface area contributed by atoms with Crippen molar-refractivity contribution >= 4 is 34.9 Å². The van der Waals surface area contributed by atoms with E-state index in [4.69, 9.17) is 21.7 Å². The first-order valence-electron chi connectivity index (χ1n) is 9.86. The lowest BCUT2D eigenvalue weighted by Crippen LogP contribution is -2.46. The number of thiocarbonyl (C=S) groups is 1. The summed E-state index contributed by atoms with van der Waals surface area (Å²) in [5, 5.41) is 3.23. The SMILES string of the molecule is CC(C)CCNC(=O)CCCCCN1C(=O)C2C=C3OCOC3=CC2=NC1=S. The maximum atomic E-state index is 12.8. The van der Waals surface area contributed by atoms with Gasteiger partial charge in [-0.05, 0) is 43.5 Å². The highest BCUT2D eigenvalue weighted by atomic mass is 32.1. The van der Waals surface area contributed by atoms with Crippen LogP contribution in [0.3, 0.4) is 0 Å². The van der Waals surface area contributed by atoms with Gasteiger partial charge in [0.1, 0.15) is 5.92 Å². The lowest BCUT2D eigenvalue weighted by Gasteiger charge is -2.30. The molecule has 0 saturated carbocycles. The summed E-state index contributed by atoms with van der Waals surface area (Å²) in [6, 6.07) is 0. The van der Waals surface area contributed by atoms with Gasteiger partial charge in [-0.1, -0.05) is 20.3 Å². The number of amides is 2. The third kappa shape index (κ3) is 4.98. The van der Waals surface area contributed by atoms with Crippen molar-refractivity contribution in [2.75, 3.05) is 19.9 Å². The molecular weight excluding hydrogens is 378 g/mol. The molecule has 7 nitrogen and oxygen atoms in total. The van der Waals surface area contributed by atoms with Gasteiger partial charge < -0.3 is 14.8 Å². The first-order valence-corrected chi connectivity index (χ1v) is 10.3. The summed E-state index contributed by atoms with van der Waals surface area (Å²) in [5.41, 5.74) is 0.605. The molecule has 28 heavy (non-hydrogen) atoms. The topological polar surface area (TPSA) is 80.2 Å². The zero-order valence-corrected chi connectivity index (χ0v) is 17.2. The van der Waals surface area contributed by atoms with Crippen molar-refractivity contribution in [2.24, 2.45) is 16.8 Å². The summed E-state index contributed by atoms with van der Waals surface area (Å²) >= 11 is 5.31. The van der Waals surface area contributed by atoms with Crippen molar-refractivity contribution in [1.82, 2.24) is 10.2 Å². The molecule has 1 atom stereocenters. The third-order valence-corrected chi connectivity index (χ3v) is 5.22. The molecule has 0 radical (unpaired) electrons. The highest BCUT2D eigenvalue weighted by molar-refractivity contribution is 7.80. The molecule has 0 bridgehead atoms. The van der Waals surface area contributed by atoms with Crippen LogP contribution in [-0.4, -0.2) is 47.4 Å². The molecule has 2 heterocycles. The Balaban J connectivity index is 1.42. The minimum Gasteiger partial charge on any atom is -0.454 e. The van der Waals surface area contributed by atoms with Crippen LogP contribution in [0.25, 0.3) is 0 Å². The van der Waals surface area contributed by atoms with Gasteiger partial charge in [0.2, 0.25) is 23.7 Å². The molecule has 0 spiro atoms. The summed E-state index contributed by atoms with van der Waals surface area (Å²) < 4.78 is 10.7. The summed E-state index contributed by atoms with van der Waals surface area (Å²) in [6.07, 6.45) is 7.41. The second-order valence-corrected chi connectivity index (χ2v) is 7.94. The molecule has 1 N–H and O–H groups in total. The van der Waals surface area contributed by atoms with Crippen LogP contribution in [0.4, 0.5) is 0 Å². The van der Waals surface area contributed by atoms with Gasteiger partial charge in [0.25, 0.3) is 0 Å². The number of hydrogen-bond acceptors (Lipinski definition) is 5. The van der Waals surface area contributed by atoms with Crippen molar-refractivity contribution in [3.63, 3.8) is 0 Å². The number of carbonyl (C=O) groups is 2. The Bertz CT molecular complexity index is 742. The normalized spacial score (nSPS) is 20.6. The minimum absolute atomic E-state index is 0.0836. The number of nitrogens with one attached hydrogen (secondary N) is 1. The van der Waals surface area contributed by atoms with Crippen LogP contribution >= 0.6 is 12.2 Å². The van der Waals surface area contributed by atoms with Gasteiger partial charge in [0, 0.05) is 25.6 Å². The molecule has 3 aliphatic rings. The molecule has 1 fully saturated rings. The van der Waals surface area contributed by atoms with E-state index in [1.165, 1.54) is 0 Å². The summed E-state index contributed by atoms with van der Waals surface area (Å²) in [4.78, 5) is 30.6. The van der Waals surface area contributed by atoms with Crippen LogP contribution in [0.1, 0.15) is 46.0 Å². The quantitative estimate of drug-likeness (QED) is 0.471. The molecule has 3 rings (SSSR count). The number of allylic oxidation sites excluding steroid dienone is 1. The van der Waals surface area contributed by atoms with Crippen LogP contribution in [0.5, 0.6) is 0 Å². The number of ether oxygens (including phenoxy) is 2. The summed E-state index contributed by atoms with van der Waals surface area (Å²) in [7, 11) is 0. The van der Waals surface area contributed by atoms with Gasteiger partial charge in [-0.25, -0.2) is 4.99 Å². The maximum absolute atomic E-state index is 12.8. The number of rotatable bonds is 9. The monoisotopic (exact) mass is 405 g/mol. The Morgan fingerprint density at radius 3 is 2.89 bits per heavy atom. The lowest BCUT2D eigenvalue weighted by atomic mass is 9.93. The number of hydrogen-bond donors (Lipinski definition) is 1. The highest BCUT2D eigenvalue weighted by Crippen LogP contribution is 2.31. The van der Waals surface area contributed by atoms with Gasteiger partial charge >= 0.3 is 0 Å². The van der Waals surface area contributed by atoms with E-state index in [1.54, 1.807) is 17.1 Å². The number of carbonyl (C=O) groups excluding carboxylic acids is 2. The summed E-state index contributed by atoms with van der Waals surface area (Å²) in [6.45, 7) is 5.68. The Labute approximate surface area is 170 Å². The Morgan fingerprint density at radius 1 is 1.32 bits per heavy atom. The lowest BCUT2D eigenvalue weighted by molar-refractivity contribution is -0.128. The molecular formula is C20H27N3O4S. The van der Waals surface area contributed by atoms with Gasteiger partial charge in [0.05, 0.1) is 5.71 Å². The molecule has 0 aromatic rings. The standard InChI is InChI=1S/C20H27N3O4S/c1-13(2)7-8-21-18(24)6-4-3-5-9-23-19(25)14-10-16-17(27-12-26-16)11-15(14)22-20(23)28/h10-11,13-14H,3-9,12H2,1-2H3,(H,21,24). The van der Waals surface area contributed by atoms with Crippen LogP contribution in [0.2, 0.25) is 0 Å². The molecule has 2 aliphatic heterocycles. The van der Waals surface area contributed by atoms with Gasteiger partial charge in [-0.3, -0.25) is 14.5 Å².